The van der Waals surface area contributed by atoms with E-state index in [4.69, 9.17) is 14.2 Å². The normalized spacial score (nSPS) is 23.9. The number of fused-ring (bicyclic) bond motifs is 1. The molecule has 0 amide bonds. The van der Waals surface area contributed by atoms with E-state index >= 15 is 0 Å². The fraction of sp³-hybridized carbons (Fsp3) is 0.211. The van der Waals surface area contributed by atoms with Crippen LogP contribution in [0, 0.1) is 11.3 Å². The smallest absolute Gasteiger partial charge is 0.355 e. The fourth-order valence-electron chi connectivity index (χ4n) is 2.99. The van der Waals surface area contributed by atoms with E-state index in [0.717, 1.165) is 0 Å². The van der Waals surface area contributed by atoms with Gasteiger partial charge in [-0.3, -0.25) is 0 Å². The summed E-state index contributed by atoms with van der Waals surface area (Å²) < 4.78 is 15.8. The first-order valence-corrected chi connectivity index (χ1v) is 7.78. The molecule has 1 aromatic carbocycles. The lowest BCUT2D eigenvalue weighted by molar-refractivity contribution is -0.153. The van der Waals surface area contributed by atoms with Crippen molar-refractivity contribution < 1.29 is 23.8 Å². The number of hydrogen-bond donors (Lipinski definition) is 0. The van der Waals surface area contributed by atoms with E-state index in [0.29, 0.717) is 5.56 Å². The molecule has 26 heavy (non-hydrogen) atoms. The van der Waals surface area contributed by atoms with E-state index in [1.54, 1.807) is 54.8 Å². The van der Waals surface area contributed by atoms with Crippen molar-refractivity contribution in [1.29, 1.82) is 5.26 Å². The van der Waals surface area contributed by atoms with Gasteiger partial charge in [0.1, 0.15) is 17.3 Å². The first-order valence-electron chi connectivity index (χ1n) is 7.78. The van der Waals surface area contributed by atoms with Gasteiger partial charge in [0.15, 0.2) is 6.23 Å². The number of nitriles is 1. The van der Waals surface area contributed by atoms with Gasteiger partial charge < -0.3 is 19.1 Å². The molecule has 1 aromatic rings. The Morgan fingerprint density at radius 3 is 2.46 bits per heavy atom. The number of allylic oxidation sites excluding steroid dienone is 2. The quantitative estimate of drug-likeness (QED) is 0.766. The summed E-state index contributed by atoms with van der Waals surface area (Å²) in [6.07, 6.45) is 5.90. The maximum absolute atomic E-state index is 12.6. The number of hydrogen-bond acceptors (Lipinski definition) is 7. The second-order valence-corrected chi connectivity index (χ2v) is 5.51. The van der Waals surface area contributed by atoms with Gasteiger partial charge >= 0.3 is 11.9 Å². The SMILES string of the molecule is COC(=O)C1=C(C(=O)OC)C(C#N)(c2ccccc2)OC2C=CC=CN12. The van der Waals surface area contributed by atoms with Crippen LogP contribution in [0.2, 0.25) is 0 Å². The monoisotopic (exact) mass is 352 g/mol. The number of nitrogens with zero attached hydrogens (tertiary/aromatic N) is 2. The molecule has 2 heterocycles. The van der Waals surface area contributed by atoms with Crippen molar-refractivity contribution in [2.45, 2.75) is 11.8 Å². The molecule has 0 saturated heterocycles. The summed E-state index contributed by atoms with van der Waals surface area (Å²) in [6.45, 7) is 0. The van der Waals surface area contributed by atoms with Gasteiger partial charge in [0.05, 0.1) is 14.2 Å². The zero-order chi connectivity index (χ0) is 18.7. The molecule has 132 valence electrons. The van der Waals surface area contributed by atoms with Gasteiger partial charge in [-0.05, 0) is 12.2 Å². The highest BCUT2D eigenvalue weighted by Gasteiger charge is 2.53. The zero-order valence-corrected chi connectivity index (χ0v) is 14.2. The third-order valence-corrected chi connectivity index (χ3v) is 4.16. The minimum atomic E-state index is -1.82. The van der Waals surface area contributed by atoms with Crippen LogP contribution in [0.4, 0.5) is 0 Å². The molecule has 0 bridgehead atoms. The highest BCUT2D eigenvalue weighted by atomic mass is 16.6. The van der Waals surface area contributed by atoms with Crippen LogP contribution >= 0.6 is 0 Å². The van der Waals surface area contributed by atoms with Crippen LogP contribution < -0.4 is 0 Å². The molecule has 0 N–H and O–H groups in total. The van der Waals surface area contributed by atoms with Crippen molar-refractivity contribution in [3.63, 3.8) is 0 Å². The second-order valence-electron chi connectivity index (χ2n) is 5.51. The molecule has 0 fully saturated rings. The Balaban J connectivity index is 2.37. The lowest BCUT2D eigenvalue weighted by Gasteiger charge is -2.43. The van der Waals surface area contributed by atoms with Gasteiger partial charge in [0.25, 0.3) is 0 Å². The Labute approximate surface area is 150 Å². The van der Waals surface area contributed by atoms with Crippen molar-refractivity contribution in [3.8, 4) is 6.07 Å². The maximum Gasteiger partial charge on any atom is 0.355 e. The van der Waals surface area contributed by atoms with Crippen LogP contribution in [-0.2, 0) is 29.4 Å². The molecular weight excluding hydrogens is 336 g/mol. The maximum atomic E-state index is 12.6. The standard InChI is InChI=1S/C19H16N2O5/c1-24-17(22)15-16(18(23)25-2)21-11-7-6-10-14(21)26-19(15,12-20)13-8-4-3-5-9-13/h3-11,14H,1-2H3. The summed E-state index contributed by atoms with van der Waals surface area (Å²) in [5, 5.41) is 10.0. The van der Waals surface area contributed by atoms with Gasteiger partial charge in [-0.2, -0.15) is 5.26 Å². The second kappa shape index (κ2) is 6.86. The molecule has 2 atom stereocenters. The Bertz CT molecular complexity index is 866. The van der Waals surface area contributed by atoms with Crippen molar-refractivity contribution >= 4 is 11.9 Å². The summed E-state index contributed by atoms with van der Waals surface area (Å²) in [6, 6.07) is 10.6. The average Bonchev–Trinajstić information content (AvgIpc) is 2.71. The summed E-state index contributed by atoms with van der Waals surface area (Å²) in [5.41, 5.74) is -1.74. The van der Waals surface area contributed by atoms with E-state index in [1.807, 2.05) is 0 Å². The van der Waals surface area contributed by atoms with Crippen LogP contribution in [0.25, 0.3) is 0 Å². The lowest BCUT2D eigenvalue weighted by Crippen LogP contribution is -2.51. The molecule has 0 radical (unpaired) electrons. The van der Waals surface area contributed by atoms with E-state index in [-0.39, 0.29) is 11.3 Å². The Morgan fingerprint density at radius 1 is 1.15 bits per heavy atom. The minimum absolute atomic E-state index is 0.0957. The lowest BCUT2D eigenvalue weighted by atomic mass is 9.83. The van der Waals surface area contributed by atoms with Crippen LogP contribution in [0.15, 0.2) is 66.0 Å². The fourth-order valence-corrected chi connectivity index (χ4v) is 2.99. The molecule has 7 nitrogen and oxygen atoms in total. The first-order chi connectivity index (χ1) is 12.6. The van der Waals surface area contributed by atoms with Crippen LogP contribution in [0.3, 0.4) is 0 Å². The van der Waals surface area contributed by atoms with Crippen LogP contribution in [0.1, 0.15) is 5.56 Å². The van der Waals surface area contributed by atoms with Crippen molar-refractivity contribution in [2.75, 3.05) is 14.2 Å². The Hall–Kier alpha value is -3.37. The number of ether oxygens (including phenoxy) is 3. The molecular formula is C19H16N2O5. The number of carbonyl (C=O) groups is 2. The minimum Gasteiger partial charge on any atom is -0.465 e. The summed E-state index contributed by atoms with van der Waals surface area (Å²) in [4.78, 5) is 26.6. The topological polar surface area (TPSA) is 88.9 Å². The highest BCUT2D eigenvalue weighted by molar-refractivity contribution is 6.02. The average molecular weight is 352 g/mol. The van der Waals surface area contributed by atoms with E-state index in [2.05, 4.69) is 6.07 Å². The first kappa shape index (κ1) is 17.5. The van der Waals surface area contributed by atoms with Gasteiger partial charge in [-0.25, -0.2) is 9.59 Å². The van der Waals surface area contributed by atoms with Crippen molar-refractivity contribution in [3.05, 3.63) is 71.6 Å². The summed E-state index contributed by atoms with van der Waals surface area (Å²) in [5.74, 6) is -1.62. The number of methoxy groups -OCH3 is 2. The van der Waals surface area contributed by atoms with Gasteiger partial charge in [0.2, 0.25) is 5.60 Å². The molecule has 0 aliphatic carbocycles. The molecule has 7 heteroatoms. The van der Waals surface area contributed by atoms with Crippen molar-refractivity contribution in [2.24, 2.45) is 0 Å². The van der Waals surface area contributed by atoms with E-state index in [1.165, 1.54) is 19.1 Å². The molecule has 0 aromatic heterocycles. The third kappa shape index (κ3) is 2.57. The van der Waals surface area contributed by atoms with Crippen molar-refractivity contribution in [1.82, 2.24) is 4.90 Å². The molecule has 0 spiro atoms. The third-order valence-electron chi connectivity index (χ3n) is 4.16. The van der Waals surface area contributed by atoms with Gasteiger partial charge in [-0.1, -0.05) is 36.4 Å². The van der Waals surface area contributed by atoms with Crippen LogP contribution in [0.5, 0.6) is 0 Å². The summed E-state index contributed by atoms with van der Waals surface area (Å²) in [7, 11) is 2.38. The predicted molar refractivity (Wildman–Crippen MR) is 89.8 cm³/mol. The van der Waals surface area contributed by atoms with E-state index < -0.39 is 23.8 Å². The molecule has 2 aliphatic rings. The summed E-state index contributed by atoms with van der Waals surface area (Å²) >= 11 is 0. The Kier molecular flexibility index (Phi) is 4.61. The predicted octanol–water partition coefficient (Wildman–Crippen LogP) is 1.75. The number of esters is 2. The molecule has 3 rings (SSSR count). The Morgan fingerprint density at radius 2 is 1.85 bits per heavy atom. The number of carbonyl (C=O) groups excluding carboxylic acids is 2. The highest BCUT2D eigenvalue weighted by Crippen LogP contribution is 2.43. The molecule has 0 saturated carbocycles. The zero-order valence-electron chi connectivity index (χ0n) is 14.2. The number of rotatable bonds is 3. The van der Waals surface area contributed by atoms with Gasteiger partial charge in [-0.15, -0.1) is 0 Å². The largest absolute Gasteiger partial charge is 0.465 e. The number of benzene rings is 1. The molecule has 2 unspecified atom stereocenters. The molecule has 2 aliphatic heterocycles. The van der Waals surface area contributed by atoms with E-state index in [9.17, 15) is 14.9 Å². The van der Waals surface area contributed by atoms with Gasteiger partial charge in [0, 0.05) is 11.8 Å². The van der Waals surface area contributed by atoms with Crippen LogP contribution in [-0.4, -0.2) is 37.3 Å².